The molecule has 7 N–H and O–H groups in total. The summed E-state index contributed by atoms with van der Waals surface area (Å²) in [5.41, 5.74) is 19.2. The van der Waals surface area contributed by atoms with Crippen LogP contribution in [0.25, 0.3) is 5.70 Å². The lowest BCUT2D eigenvalue weighted by atomic mass is 9.90. The van der Waals surface area contributed by atoms with Gasteiger partial charge in [0.15, 0.2) is 0 Å². The van der Waals surface area contributed by atoms with Crippen LogP contribution in [-0.2, 0) is 4.79 Å². The van der Waals surface area contributed by atoms with Crippen LogP contribution < -0.4 is 27.3 Å². The number of carbonyl (C=O) groups excluding carboxylic acids is 1. The molecule has 34 heavy (non-hydrogen) atoms. The van der Waals surface area contributed by atoms with Gasteiger partial charge in [-0.25, -0.2) is 0 Å². The van der Waals surface area contributed by atoms with E-state index < -0.39 is 5.91 Å². The van der Waals surface area contributed by atoms with E-state index in [1.165, 1.54) is 0 Å². The number of aliphatic imine (C=N–C) groups is 1. The van der Waals surface area contributed by atoms with Gasteiger partial charge in [-0.3, -0.25) is 14.7 Å². The van der Waals surface area contributed by atoms with E-state index in [1.807, 2.05) is 30.3 Å². The normalized spacial score (nSPS) is 22.6. The molecule has 2 aromatic rings. The number of hydrogen-bond acceptors (Lipinski definition) is 6. The number of nitrogens with zero attached hydrogens (tertiary/aromatic N) is 2. The Balaban J connectivity index is 1.44. The molecule has 2 aromatic carbocycles. The summed E-state index contributed by atoms with van der Waals surface area (Å²) in [5, 5.41) is 3.40. The van der Waals surface area contributed by atoms with Gasteiger partial charge in [0.2, 0.25) is 0 Å². The van der Waals surface area contributed by atoms with Crippen molar-refractivity contribution in [1.29, 1.82) is 0 Å². The predicted molar refractivity (Wildman–Crippen MR) is 135 cm³/mol. The third-order valence-electron chi connectivity index (χ3n) is 6.57. The number of amides is 1. The first-order valence-electron chi connectivity index (χ1n) is 11.9. The van der Waals surface area contributed by atoms with E-state index >= 15 is 0 Å². The fourth-order valence-corrected chi connectivity index (χ4v) is 4.73. The van der Waals surface area contributed by atoms with Crippen LogP contribution in [0.3, 0.4) is 0 Å². The third kappa shape index (κ3) is 5.95. The molecule has 0 bridgehead atoms. The number of nitrogens with one attached hydrogen (secondary N) is 1. The van der Waals surface area contributed by atoms with Gasteiger partial charge in [-0.1, -0.05) is 18.2 Å². The SMILES string of the molecule is NC(=O)C(C(N)=NC1CCC(N2CCNCC2)CC1)=C(N)c1ccc(Oc2ccccc2)cc1. The minimum Gasteiger partial charge on any atom is -0.457 e. The lowest BCUT2D eigenvalue weighted by Gasteiger charge is -2.38. The lowest BCUT2D eigenvalue weighted by molar-refractivity contribution is -0.114. The Hall–Kier alpha value is -3.36. The van der Waals surface area contributed by atoms with E-state index in [9.17, 15) is 4.79 Å². The van der Waals surface area contributed by atoms with Crippen molar-refractivity contribution in [3.63, 3.8) is 0 Å². The minimum atomic E-state index is -0.683. The molecule has 1 amide bonds. The van der Waals surface area contributed by atoms with Gasteiger partial charge in [-0.2, -0.15) is 0 Å². The number of para-hydroxylation sites is 1. The maximum absolute atomic E-state index is 12.3. The summed E-state index contributed by atoms with van der Waals surface area (Å²) in [6.07, 6.45) is 4.03. The van der Waals surface area contributed by atoms with Crippen LogP contribution in [0.5, 0.6) is 11.5 Å². The van der Waals surface area contributed by atoms with Gasteiger partial charge in [0.25, 0.3) is 5.91 Å². The first-order chi connectivity index (χ1) is 16.5. The number of rotatable bonds is 7. The molecule has 2 aliphatic rings. The van der Waals surface area contributed by atoms with E-state index in [0.717, 1.165) is 57.6 Å². The molecule has 0 atom stereocenters. The van der Waals surface area contributed by atoms with Gasteiger partial charge < -0.3 is 27.3 Å². The number of primary amides is 1. The Labute approximate surface area is 200 Å². The molecule has 1 aliphatic heterocycles. The molecule has 8 nitrogen and oxygen atoms in total. The fourth-order valence-electron chi connectivity index (χ4n) is 4.73. The zero-order valence-corrected chi connectivity index (χ0v) is 19.5. The van der Waals surface area contributed by atoms with E-state index in [4.69, 9.17) is 21.9 Å². The van der Waals surface area contributed by atoms with Gasteiger partial charge in [-0.05, 0) is 67.6 Å². The standard InChI is InChI=1S/C26H34N6O2/c27-24(18-6-12-22(13-7-18)34-21-4-2-1-3-5-21)23(26(29)33)25(28)31-19-8-10-20(11-9-19)32-16-14-30-15-17-32/h1-7,12-13,19-20,30H,8-11,14-17,27H2,(H2,28,31)(H2,29,33). The molecule has 0 spiro atoms. The van der Waals surface area contributed by atoms with Crippen LogP contribution in [0.2, 0.25) is 0 Å². The van der Waals surface area contributed by atoms with Crippen molar-refractivity contribution in [2.75, 3.05) is 26.2 Å². The van der Waals surface area contributed by atoms with E-state index in [1.54, 1.807) is 24.3 Å². The van der Waals surface area contributed by atoms with Crippen LogP contribution in [0, 0.1) is 0 Å². The molecule has 1 saturated carbocycles. The number of hydrogen-bond donors (Lipinski definition) is 4. The number of carbonyl (C=O) groups is 1. The molecule has 0 unspecified atom stereocenters. The largest absolute Gasteiger partial charge is 0.457 e. The molecule has 1 saturated heterocycles. The summed E-state index contributed by atoms with van der Waals surface area (Å²) in [6.45, 7) is 4.30. The average Bonchev–Trinajstić information content (AvgIpc) is 2.86. The van der Waals surface area contributed by atoms with Crippen LogP contribution in [0.4, 0.5) is 0 Å². The molecule has 1 aliphatic carbocycles. The lowest BCUT2D eigenvalue weighted by Crippen LogP contribution is -2.49. The summed E-state index contributed by atoms with van der Waals surface area (Å²) in [7, 11) is 0. The van der Waals surface area contributed by atoms with E-state index in [0.29, 0.717) is 17.4 Å². The number of amidine groups is 1. The maximum Gasteiger partial charge on any atom is 0.254 e. The fraction of sp³-hybridized carbons (Fsp3) is 0.385. The first-order valence-corrected chi connectivity index (χ1v) is 11.9. The Bertz CT molecular complexity index is 1020. The summed E-state index contributed by atoms with van der Waals surface area (Å²) in [5.74, 6) is 0.823. The maximum atomic E-state index is 12.3. The number of benzene rings is 2. The molecule has 1 heterocycles. The average molecular weight is 463 g/mol. The van der Waals surface area contributed by atoms with Gasteiger partial charge in [0.1, 0.15) is 22.9 Å². The second-order valence-corrected chi connectivity index (χ2v) is 8.86. The molecule has 8 heteroatoms. The number of piperazine rings is 1. The molecular weight excluding hydrogens is 428 g/mol. The molecule has 0 radical (unpaired) electrons. The second kappa shape index (κ2) is 11.2. The minimum absolute atomic E-state index is 0.0703. The second-order valence-electron chi connectivity index (χ2n) is 8.86. The summed E-state index contributed by atoms with van der Waals surface area (Å²) in [6, 6.07) is 17.3. The zero-order chi connectivity index (χ0) is 23.9. The monoisotopic (exact) mass is 462 g/mol. The summed E-state index contributed by atoms with van der Waals surface area (Å²) < 4.78 is 5.82. The van der Waals surface area contributed by atoms with Gasteiger partial charge >= 0.3 is 0 Å². The Morgan fingerprint density at radius 3 is 2.12 bits per heavy atom. The van der Waals surface area contributed by atoms with Crippen molar-refractivity contribution in [2.24, 2.45) is 22.2 Å². The van der Waals surface area contributed by atoms with Crippen molar-refractivity contribution in [2.45, 2.75) is 37.8 Å². The molecule has 4 rings (SSSR count). The highest BCUT2D eigenvalue weighted by Gasteiger charge is 2.27. The highest BCUT2D eigenvalue weighted by molar-refractivity contribution is 6.24. The summed E-state index contributed by atoms with van der Waals surface area (Å²) >= 11 is 0. The highest BCUT2D eigenvalue weighted by atomic mass is 16.5. The van der Waals surface area contributed by atoms with Gasteiger partial charge in [-0.15, -0.1) is 0 Å². The number of nitrogens with two attached hydrogens (primary N) is 3. The van der Waals surface area contributed by atoms with E-state index in [2.05, 4.69) is 15.2 Å². The first kappa shape index (κ1) is 23.8. The zero-order valence-electron chi connectivity index (χ0n) is 19.5. The molecule has 2 fully saturated rings. The van der Waals surface area contributed by atoms with Gasteiger partial charge in [0, 0.05) is 32.2 Å². The van der Waals surface area contributed by atoms with E-state index in [-0.39, 0.29) is 23.1 Å². The Morgan fingerprint density at radius 2 is 1.50 bits per heavy atom. The summed E-state index contributed by atoms with van der Waals surface area (Å²) in [4.78, 5) is 19.5. The predicted octanol–water partition coefficient (Wildman–Crippen LogP) is 2.21. The van der Waals surface area contributed by atoms with Crippen molar-refractivity contribution in [1.82, 2.24) is 10.2 Å². The topological polar surface area (TPSA) is 132 Å². The number of ether oxygens (including phenoxy) is 1. The van der Waals surface area contributed by atoms with Crippen LogP contribution in [-0.4, -0.2) is 54.9 Å². The smallest absolute Gasteiger partial charge is 0.254 e. The van der Waals surface area contributed by atoms with Crippen LogP contribution >= 0.6 is 0 Å². The van der Waals surface area contributed by atoms with Crippen molar-refractivity contribution in [3.05, 3.63) is 65.7 Å². The van der Waals surface area contributed by atoms with Crippen molar-refractivity contribution in [3.8, 4) is 11.5 Å². The van der Waals surface area contributed by atoms with Gasteiger partial charge in [0.05, 0.1) is 11.7 Å². The van der Waals surface area contributed by atoms with Crippen molar-refractivity contribution < 1.29 is 9.53 Å². The highest BCUT2D eigenvalue weighted by Crippen LogP contribution is 2.27. The van der Waals surface area contributed by atoms with Crippen molar-refractivity contribution >= 4 is 17.4 Å². The third-order valence-corrected chi connectivity index (χ3v) is 6.57. The molecular formula is C26H34N6O2. The Kier molecular flexibility index (Phi) is 7.82. The molecule has 180 valence electrons. The quantitative estimate of drug-likeness (QED) is 0.283. The Morgan fingerprint density at radius 1 is 0.882 bits per heavy atom. The molecule has 0 aromatic heterocycles. The van der Waals surface area contributed by atoms with Crippen LogP contribution in [0.1, 0.15) is 31.2 Å². The van der Waals surface area contributed by atoms with Crippen LogP contribution in [0.15, 0.2) is 65.2 Å².